The summed E-state index contributed by atoms with van der Waals surface area (Å²) in [7, 11) is 0. The molecule has 4 nitrogen and oxygen atoms in total. The second kappa shape index (κ2) is 6.70. The number of aromatic nitrogens is 1. The number of carbonyl (C=O) groups is 1. The lowest BCUT2D eigenvalue weighted by Gasteiger charge is -2.03. The fraction of sp³-hybridized carbons (Fsp3) is 0. The van der Waals surface area contributed by atoms with Gasteiger partial charge in [-0.1, -0.05) is 40.2 Å². The van der Waals surface area contributed by atoms with E-state index in [1.54, 1.807) is 30.6 Å². The summed E-state index contributed by atoms with van der Waals surface area (Å²) in [4.78, 5) is 15.6. The number of anilines is 1. The van der Waals surface area contributed by atoms with Gasteiger partial charge in [0, 0.05) is 16.9 Å². The number of nitrogens with one attached hydrogen (secondary N) is 2. The van der Waals surface area contributed by atoms with Crippen molar-refractivity contribution in [3.8, 4) is 0 Å². The molecule has 0 saturated carbocycles. The number of amides is 2. The van der Waals surface area contributed by atoms with Crippen LogP contribution in [0.15, 0.2) is 59.3 Å². The van der Waals surface area contributed by atoms with E-state index in [0.29, 0.717) is 5.82 Å². The summed E-state index contributed by atoms with van der Waals surface area (Å²) >= 11 is 3.43. The van der Waals surface area contributed by atoms with Gasteiger partial charge in [-0.15, -0.1) is 0 Å². The molecule has 0 bridgehead atoms. The Kier molecular flexibility index (Phi) is 4.69. The van der Waals surface area contributed by atoms with Crippen LogP contribution in [-0.2, 0) is 0 Å². The normalized spacial score (nSPS) is 10.4. The van der Waals surface area contributed by atoms with Gasteiger partial charge in [-0.05, 0) is 29.8 Å². The first kappa shape index (κ1) is 13.3. The van der Waals surface area contributed by atoms with E-state index in [1.807, 2.05) is 30.3 Å². The van der Waals surface area contributed by atoms with E-state index in [1.165, 1.54) is 0 Å². The molecule has 2 N–H and O–H groups in total. The van der Waals surface area contributed by atoms with Gasteiger partial charge >= 0.3 is 6.03 Å². The summed E-state index contributed by atoms with van der Waals surface area (Å²) in [6, 6.07) is 12.7. The lowest BCUT2D eigenvalue weighted by molar-refractivity contribution is 0.255. The van der Waals surface area contributed by atoms with E-state index in [2.05, 4.69) is 31.5 Å². The highest BCUT2D eigenvalue weighted by Crippen LogP contribution is 2.16. The van der Waals surface area contributed by atoms with E-state index >= 15 is 0 Å². The average molecular weight is 318 g/mol. The number of nitrogens with zero attached hydrogens (tertiary/aromatic N) is 1. The molecule has 1 heterocycles. The van der Waals surface area contributed by atoms with Gasteiger partial charge < -0.3 is 5.32 Å². The molecular weight excluding hydrogens is 306 g/mol. The number of benzene rings is 1. The van der Waals surface area contributed by atoms with Crippen molar-refractivity contribution in [1.82, 2.24) is 10.3 Å². The monoisotopic (exact) mass is 317 g/mol. The van der Waals surface area contributed by atoms with Crippen molar-refractivity contribution in [2.24, 2.45) is 0 Å². The van der Waals surface area contributed by atoms with Gasteiger partial charge in [-0.25, -0.2) is 9.78 Å². The number of carbonyl (C=O) groups excluding carboxylic acids is 1. The molecule has 1 aromatic carbocycles. The van der Waals surface area contributed by atoms with Gasteiger partial charge in [0.15, 0.2) is 0 Å². The van der Waals surface area contributed by atoms with Crippen molar-refractivity contribution in [3.05, 3.63) is 64.9 Å². The van der Waals surface area contributed by atoms with Crippen molar-refractivity contribution in [1.29, 1.82) is 0 Å². The first-order chi connectivity index (χ1) is 9.25. The molecule has 2 amide bonds. The Bertz CT molecular complexity index is 584. The molecule has 0 aliphatic heterocycles. The highest BCUT2D eigenvalue weighted by Gasteiger charge is 1.99. The predicted octanol–water partition coefficient (Wildman–Crippen LogP) is 3.64. The first-order valence-corrected chi connectivity index (χ1v) is 6.44. The molecule has 0 aliphatic rings. The zero-order valence-electron chi connectivity index (χ0n) is 10.0. The molecule has 0 saturated heterocycles. The number of halogens is 1. The maximum atomic E-state index is 11.6. The maximum absolute atomic E-state index is 11.6. The number of rotatable bonds is 3. The molecule has 0 atom stereocenters. The zero-order valence-corrected chi connectivity index (χ0v) is 11.6. The summed E-state index contributed by atoms with van der Waals surface area (Å²) in [5.41, 5.74) is 0.987. The van der Waals surface area contributed by atoms with Gasteiger partial charge in [0.2, 0.25) is 0 Å². The second-order valence-corrected chi connectivity index (χ2v) is 4.52. The van der Waals surface area contributed by atoms with Gasteiger partial charge in [0.25, 0.3) is 0 Å². The summed E-state index contributed by atoms with van der Waals surface area (Å²) in [5.74, 6) is 0.509. The van der Waals surface area contributed by atoms with E-state index in [9.17, 15) is 4.79 Å². The lowest BCUT2D eigenvalue weighted by Crippen LogP contribution is -2.24. The minimum absolute atomic E-state index is 0.331. The van der Waals surface area contributed by atoms with Crippen LogP contribution in [0.2, 0.25) is 0 Å². The molecule has 5 heteroatoms. The highest BCUT2D eigenvalue weighted by atomic mass is 79.9. The van der Waals surface area contributed by atoms with Crippen LogP contribution in [0.4, 0.5) is 10.6 Å². The molecule has 1 aromatic heterocycles. The van der Waals surface area contributed by atoms with Crippen LogP contribution >= 0.6 is 15.9 Å². The number of urea groups is 1. The largest absolute Gasteiger partial charge is 0.324 e. The van der Waals surface area contributed by atoms with Gasteiger partial charge in [0.1, 0.15) is 5.82 Å². The van der Waals surface area contributed by atoms with Crippen LogP contribution < -0.4 is 10.6 Å². The molecule has 0 radical (unpaired) electrons. The molecular formula is C14H12BrN3O. The van der Waals surface area contributed by atoms with Crippen LogP contribution in [0.5, 0.6) is 0 Å². The Morgan fingerprint density at radius 1 is 1.16 bits per heavy atom. The van der Waals surface area contributed by atoms with Crippen LogP contribution in [-0.4, -0.2) is 11.0 Å². The maximum Gasteiger partial charge on any atom is 0.324 e. The third kappa shape index (κ3) is 4.22. The van der Waals surface area contributed by atoms with Crippen molar-refractivity contribution < 1.29 is 4.79 Å². The Morgan fingerprint density at radius 3 is 2.68 bits per heavy atom. The first-order valence-electron chi connectivity index (χ1n) is 5.65. The topological polar surface area (TPSA) is 54.0 Å². The summed E-state index contributed by atoms with van der Waals surface area (Å²) in [6.07, 6.45) is 5.01. The van der Waals surface area contributed by atoms with Crippen LogP contribution in [0, 0.1) is 0 Å². The minimum atomic E-state index is -0.331. The van der Waals surface area contributed by atoms with Crippen LogP contribution in [0.3, 0.4) is 0 Å². The molecule has 0 fully saturated rings. The smallest absolute Gasteiger partial charge is 0.314 e. The standard InChI is InChI=1S/C14H12BrN3O/c15-12-6-2-1-5-11(12)8-10-17-14(19)18-13-7-3-4-9-16-13/h1-10H,(H2,16,17,18,19)/b10-8+. The number of pyridine rings is 1. The van der Waals surface area contributed by atoms with Gasteiger partial charge in [-0.3, -0.25) is 5.32 Å². The van der Waals surface area contributed by atoms with Crippen molar-refractivity contribution >= 4 is 33.9 Å². The Morgan fingerprint density at radius 2 is 1.95 bits per heavy atom. The van der Waals surface area contributed by atoms with Crippen molar-refractivity contribution in [3.63, 3.8) is 0 Å². The van der Waals surface area contributed by atoms with E-state index < -0.39 is 0 Å². The SMILES string of the molecule is O=C(N/C=C/c1ccccc1Br)Nc1ccccn1. The average Bonchev–Trinajstić information content (AvgIpc) is 2.42. The Labute approximate surface area is 119 Å². The Hall–Kier alpha value is -2.14. The zero-order chi connectivity index (χ0) is 13.5. The van der Waals surface area contributed by atoms with E-state index in [0.717, 1.165) is 10.0 Å². The molecule has 19 heavy (non-hydrogen) atoms. The van der Waals surface area contributed by atoms with Gasteiger partial charge in [0.05, 0.1) is 0 Å². The van der Waals surface area contributed by atoms with Gasteiger partial charge in [-0.2, -0.15) is 0 Å². The summed E-state index contributed by atoms with van der Waals surface area (Å²) in [5, 5.41) is 5.23. The molecule has 0 spiro atoms. The predicted molar refractivity (Wildman–Crippen MR) is 79.6 cm³/mol. The van der Waals surface area contributed by atoms with E-state index in [-0.39, 0.29) is 6.03 Å². The van der Waals surface area contributed by atoms with Crippen molar-refractivity contribution in [2.75, 3.05) is 5.32 Å². The lowest BCUT2D eigenvalue weighted by atomic mass is 10.2. The highest BCUT2D eigenvalue weighted by molar-refractivity contribution is 9.10. The third-order valence-corrected chi connectivity index (χ3v) is 3.01. The second-order valence-electron chi connectivity index (χ2n) is 3.67. The minimum Gasteiger partial charge on any atom is -0.314 e. The van der Waals surface area contributed by atoms with E-state index in [4.69, 9.17) is 0 Å². The summed E-state index contributed by atoms with van der Waals surface area (Å²) < 4.78 is 0.971. The number of hydrogen-bond acceptors (Lipinski definition) is 2. The number of hydrogen-bond donors (Lipinski definition) is 2. The fourth-order valence-corrected chi connectivity index (χ4v) is 1.82. The molecule has 0 aliphatic carbocycles. The molecule has 0 unspecified atom stereocenters. The van der Waals surface area contributed by atoms with Crippen LogP contribution in [0.25, 0.3) is 6.08 Å². The third-order valence-electron chi connectivity index (χ3n) is 2.29. The quantitative estimate of drug-likeness (QED) is 0.908. The molecule has 2 rings (SSSR count). The fourth-order valence-electron chi connectivity index (χ4n) is 1.41. The van der Waals surface area contributed by atoms with Crippen molar-refractivity contribution in [2.45, 2.75) is 0 Å². The summed E-state index contributed by atoms with van der Waals surface area (Å²) in [6.45, 7) is 0. The molecule has 96 valence electrons. The van der Waals surface area contributed by atoms with Crippen LogP contribution in [0.1, 0.15) is 5.56 Å². The Balaban J connectivity index is 1.89. The molecule has 2 aromatic rings.